The number of allylic oxidation sites excluding steroid dienone is 1. The number of aromatic amines is 1. The molecule has 4 aromatic rings. The van der Waals surface area contributed by atoms with E-state index < -0.39 is 26.3 Å². The summed E-state index contributed by atoms with van der Waals surface area (Å²) in [7, 11) is -4.25. The first-order valence-corrected chi connectivity index (χ1v) is 24.4. The van der Waals surface area contributed by atoms with Gasteiger partial charge in [-0.15, -0.1) is 0 Å². The number of ether oxygens (including phenoxy) is 2. The number of aromatic nitrogens is 2. The van der Waals surface area contributed by atoms with Crippen LogP contribution in [0.15, 0.2) is 77.0 Å². The summed E-state index contributed by atoms with van der Waals surface area (Å²) in [5.41, 5.74) is 13.0. The molecule has 2 bridgehead atoms. The maximum atomic E-state index is 13.6. The number of hydrogen-bond donors (Lipinski definition) is 3. The summed E-state index contributed by atoms with van der Waals surface area (Å²) in [6, 6.07) is 12.4. The quantitative estimate of drug-likeness (QED) is 0.0447. The highest BCUT2D eigenvalue weighted by Gasteiger charge is 2.66. The van der Waals surface area contributed by atoms with E-state index in [1.807, 2.05) is 19.9 Å². The van der Waals surface area contributed by atoms with Crippen LogP contribution < -0.4 is 20.7 Å². The number of pyridine rings is 1. The van der Waals surface area contributed by atoms with Gasteiger partial charge in [-0.2, -0.15) is 0 Å². The summed E-state index contributed by atoms with van der Waals surface area (Å²) in [5, 5.41) is 16.0. The van der Waals surface area contributed by atoms with E-state index >= 15 is 0 Å². The van der Waals surface area contributed by atoms with Crippen LogP contribution in [0.3, 0.4) is 0 Å². The number of carbonyl (C=O) groups excluding carboxylic acids is 1. The van der Waals surface area contributed by atoms with Crippen LogP contribution in [0.25, 0.3) is 11.0 Å². The van der Waals surface area contributed by atoms with E-state index in [0.717, 1.165) is 75.7 Å². The zero-order valence-corrected chi connectivity index (χ0v) is 38.4. The predicted molar refractivity (Wildman–Crippen MR) is 254 cm³/mol. The Labute approximate surface area is 379 Å². The second-order valence-electron chi connectivity index (χ2n) is 20.2. The summed E-state index contributed by atoms with van der Waals surface area (Å²) < 4.78 is 38.7. The molecule has 4 N–H and O–H groups in total. The molecule has 2 aromatic heterocycles. The van der Waals surface area contributed by atoms with Gasteiger partial charge >= 0.3 is 0 Å². The Kier molecular flexibility index (Phi) is 13.4. The Morgan fingerprint density at radius 3 is 2.41 bits per heavy atom. The highest BCUT2D eigenvalue weighted by molar-refractivity contribution is 7.92. The average molecular weight is 897 g/mol. The van der Waals surface area contributed by atoms with Crippen LogP contribution in [0.5, 0.6) is 11.5 Å². The molecule has 10 rings (SSSR count). The number of nitrogens with one attached hydrogen (secondary N) is 2. The van der Waals surface area contributed by atoms with Crippen LogP contribution in [0.1, 0.15) is 117 Å². The van der Waals surface area contributed by atoms with Crippen molar-refractivity contribution in [1.82, 2.24) is 9.97 Å². The highest BCUT2D eigenvalue weighted by atomic mass is 32.2. The third-order valence-electron chi connectivity index (χ3n) is 14.8. The number of fused-ring (bicyclic) bond motifs is 1. The average Bonchev–Trinajstić information content (AvgIpc) is 3.69. The molecule has 1 spiro atoms. The Bertz CT molecular complexity index is 2490. The first-order valence-electron chi connectivity index (χ1n) is 22.8. The lowest BCUT2D eigenvalue weighted by atomic mass is 9.33. The Hall–Kier alpha value is -4.79. The van der Waals surface area contributed by atoms with E-state index in [-0.39, 0.29) is 35.0 Å². The molecule has 14 heteroatoms. The van der Waals surface area contributed by atoms with Crippen molar-refractivity contribution in [3.05, 3.63) is 87.7 Å². The van der Waals surface area contributed by atoms with Gasteiger partial charge in [0.25, 0.3) is 5.69 Å². The van der Waals surface area contributed by atoms with E-state index in [1.165, 1.54) is 56.9 Å². The molecule has 64 heavy (non-hydrogen) atoms. The van der Waals surface area contributed by atoms with Crippen LogP contribution in [0.2, 0.25) is 0 Å². The second-order valence-corrected chi connectivity index (χ2v) is 22.2. The Balaban J connectivity index is 0.000000300. The van der Waals surface area contributed by atoms with Crippen molar-refractivity contribution >= 4 is 43.7 Å². The number of benzene rings is 2. The smallest absolute Gasteiger partial charge is 0.293 e. The molecular formula is C50H68N6O7S. The van der Waals surface area contributed by atoms with Crippen molar-refractivity contribution < 1.29 is 27.6 Å². The highest BCUT2D eigenvalue weighted by Crippen LogP contribution is 2.77. The van der Waals surface area contributed by atoms with Gasteiger partial charge in [0.05, 0.1) is 21.6 Å². The summed E-state index contributed by atoms with van der Waals surface area (Å²) in [4.78, 5) is 34.2. The second kappa shape index (κ2) is 18.2. The van der Waals surface area contributed by atoms with Gasteiger partial charge in [0.15, 0.2) is 15.6 Å². The van der Waals surface area contributed by atoms with Gasteiger partial charge in [-0.05, 0) is 142 Å². The molecule has 0 unspecified atom stereocenters. The van der Waals surface area contributed by atoms with Crippen molar-refractivity contribution in [2.45, 2.75) is 111 Å². The number of anilines is 2. The van der Waals surface area contributed by atoms with Gasteiger partial charge in [0.1, 0.15) is 28.6 Å². The van der Waals surface area contributed by atoms with Gasteiger partial charge < -0.3 is 30.4 Å². The van der Waals surface area contributed by atoms with Crippen molar-refractivity contribution in [2.75, 3.05) is 55.4 Å². The Morgan fingerprint density at radius 2 is 1.75 bits per heavy atom. The molecule has 2 aromatic carbocycles. The standard InChI is InChI=1S/C34H39N5O7S.C15H25N.CH4/c1-3-38(4-2)25-5-7-28(32(16-25)46-26-15-24-9-12-35-33(24)37-21-26)31(40)22-47(43,44)27-6-8-29(30(17-27)39(41)42)36-20-23-18-34(19-23)10-13-45-14-11-34;1-13(2)5-4-11(7-16)12(6-13)15-8-14(3,9-15)10-15;/h5-9,12,15-17,21,23,36H,3-4,10-11,13-14,18-20,22H2,1-2H3,(H,35,37);4-10,16H2,1-3H3;1H4. The monoisotopic (exact) mass is 896 g/mol. The molecule has 1 aliphatic heterocycles. The molecule has 0 amide bonds. The third-order valence-corrected chi connectivity index (χ3v) is 16.4. The van der Waals surface area contributed by atoms with Gasteiger partial charge in [-0.1, -0.05) is 39.3 Å². The van der Waals surface area contributed by atoms with Crippen molar-refractivity contribution in [3.8, 4) is 11.5 Å². The third kappa shape index (κ3) is 9.60. The molecule has 3 heterocycles. The molecule has 5 aliphatic carbocycles. The summed E-state index contributed by atoms with van der Waals surface area (Å²) in [6.45, 7) is 15.7. The number of nitrogens with two attached hydrogens (primary N) is 1. The number of nitro groups is 1. The fourth-order valence-corrected chi connectivity index (χ4v) is 12.8. The van der Waals surface area contributed by atoms with Crippen LogP contribution in [0, 0.1) is 37.7 Å². The van der Waals surface area contributed by atoms with Crippen LogP contribution in [-0.4, -0.2) is 74.2 Å². The number of sulfone groups is 1. The topological polar surface area (TPSA) is 183 Å². The number of ketones is 1. The Morgan fingerprint density at radius 1 is 1.03 bits per heavy atom. The van der Waals surface area contributed by atoms with E-state index in [1.54, 1.807) is 41.6 Å². The molecule has 5 fully saturated rings. The zero-order chi connectivity index (χ0) is 44.8. The lowest BCUT2D eigenvalue weighted by Crippen LogP contribution is -2.61. The normalized spacial score (nSPS) is 23.1. The first kappa shape index (κ1) is 47.2. The lowest BCUT2D eigenvalue weighted by molar-refractivity contribution is -0.384. The molecule has 346 valence electrons. The van der Waals surface area contributed by atoms with E-state index in [4.69, 9.17) is 15.2 Å². The molecule has 1 saturated heterocycles. The lowest BCUT2D eigenvalue weighted by Gasteiger charge is -2.72. The van der Waals surface area contributed by atoms with Crippen molar-refractivity contribution in [2.24, 2.45) is 33.3 Å². The predicted octanol–water partition coefficient (Wildman–Crippen LogP) is 10.7. The first-order chi connectivity index (χ1) is 30.0. The van der Waals surface area contributed by atoms with Gasteiger partial charge in [-0.3, -0.25) is 14.9 Å². The fourth-order valence-electron chi connectivity index (χ4n) is 11.6. The maximum absolute atomic E-state index is 13.6. The van der Waals surface area contributed by atoms with Crippen LogP contribution in [0.4, 0.5) is 17.1 Å². The number of Topliss-reactive ketones (excluding diaryl/α,β-unsaturated/α-hetero) is 1. The summed E-state index contributed by atoms with van der Waals surface area (Å²) in [5.74, 6) is -0.622. The van der Waals surface area contributed by atoms with Crippen LogP contribution >= 0.6 is 0 Å². The number of hydrogen-bond acceptors (Lipinski definition) is 11. The number of nitrogens with zero attached hydrogens (tertiary/aromatic N) is 3. The van der Waals surface area contributed by atoms with E-state index in [9.17, 15) is 23.3 Å². The van der Waals surface area contributed by atoms with E-state index in [2.05, 4.69) is 41.0 Å². The molecular weight excluding hydrogens is 829 g/mol. The number of H-pyrrole nitrogens is 1. The number of carbonyl (C=O) groups is 1. The molecule has 13 nitrogen and oxygen atoms in total. The summed E-state index contributed by atoms with van der Waals surface area (Å²) in [6.07, 6.45) is 15.7. The molecule has 6 aliphatic rings. The van der Waals surface area contributed by atoms with Crippen molar-refractivity contribution in [1.29, 1.82) is 0 Å². The van der Waals surface area contributed by atoms with Crippen LogP contribution in [-0.2, 0) is 14.6 Å². The fraction of sp³-hybridized carbons (Fsp3) is 0.560. The molecule has 4 saturated carbocycles. The van der Waals surface area contributed by atoms with E-state index in [0.29, 0.717) is 45.5 Å². The molecule has 0 radical (unpaired) electrons. The maximum Gasteiger partial charge on any atom is 0.293 e. The van der Waals surface area contributed by atoms with Gasteiger partial charge in [-0.25, -0.2) is 13.4 Å². The van der Waals surface area contributed by atoms with Gasteiger partial charge in [0.2, 0.25) is 0 Å². The largest absolute Gasteiger partial charge is 0.455 e. The minimum absolute atomic E-state index is 0. The number of rotatable bonds is 15. The minimum atomic E-state index is -4.25. The molecule has 0 atom stereocenters. The SMILES string of the molecule is C.CC1(C)CCC(CN)=C(C23CC(C)(C2)C3)C1.CCN(CC)c1ccc(C(=O)CS(=O)(=O)c2ccc(NCC3CC4(CCOCC4)C3)c([N+](=O)[O-])c2)c(Oc2cnc3[nH]ccc3c2)c1. The zero-order valence-electron chi connectivity index (χ0n) is 37.6. The van der Waals surface area contributed by atoms with Crippen molar-refractivity contribution in [3.63, 3.8) is 0 Å². The minimum Gasteiger partial charge on any atom is -0.455 e. The van der Waals surface area contributed by atoms with Gasteiger partial charge in [0, 0.05) is 68.8 Å². The number of nitro benzene ring substituents is 1. The summed E-state index contributed by atoms with van der Waals surface area (Å²) >= 11 is 0.